The summed E-state index contributed by atoms with van der Waals surface area (Å²) in [5, 5.41) is 12.1. The number of hydrogen-bond acceptors (Lipinski definition) is 2. The smallest absolute Gasteiger partial charge is 0.225 e. The van der Waals surface area contributed by atoms with Gasteiger partial charge in [-0.2, -0.15) is 0 Å². The lowest BCUT2D eigenvalue weighted by atomic mass is 9.87. The summed E-state index contributed by atoms with van der Waals surface area (Å²) in [5.74, 6) is -0.126. The van der Waals surface area contributed by atoms with E-state index in [1.165, 1.54) is 0 Å². The highest BCUT2D eigenvalue weighted by atomic mass is 16.3. The predicted octanol–water partition coefficient (Wildman–Crippen LogP) is 2.19. The molecule has 3 heteroatoms. The van der Waals surface area contributed by atoms with Gasteiger partial charge in [0, 0.05) is 6.54 Å². The maximum absolute atomic E-state index is 11.8. The molecule has 0 radical (unpaired) electrons. The Morgan fingerprint density at radius 3 is 2.31 bits per heavy atom. The summed E-state index contributed by atoms with van der Waals surface area (Å²) >= 11 is 0. The van der Waals surface area contributed by atoms with Crippen molar-refractivity contribution >= 4 is 5.91 Å². The fourth-order valence-corrected chi connectivity index (χ4v) is 1.82. The molecule has 1 atom stereocenters. The molecule has 1 amide bonds. The summed E-state index contributed by atoms with van der Waals surface area (Å²) in [5.41, 5.74) is 0.140. The summed E-state index contributed by atoms with van der Waals surface area (Å²) in [6.07, 6.45) is 2.22. The third kappa shape index (κ3) is 5.50. The molecule has 16 heavy (non-hydrogen) atoms. The van der Waals surface area contributed by atoms with Crippen molar-refractivity contribution in [3.8, 4) is 0 Å². The van der Waals surface area contributed by atoms with E-state index in [0.29, 0.717) is 6.54 Å². The number of aliphatic hydroxyl groups excluding tert-OH is 1. The Morgan fingerprint density at radius 2 is 1.94 bits per heavy atom. The Labute approximate surface area is 99.6 Å². The van der Waals surface area contributed by atoms with Crippen LogP contribution in [0, 0.1) is 17.3 Å². The van der Waals surface area contributed by atoms with Crippen LogP contribution in [0.2, 0.25) is 0 Å². The van der Waals surface area contributed by atoms with Crippen molar-refractivity contribution in [2.75, 3.05) is 13.2 Å². The van der Waals surface area contributed by atoms with Crippen molar-refractivity contribution in [2.24, 2.45) is 17.3 Å². The van der Waals surface area contributed by atoms with Gasteiger partial charge in [0.2, 0.25) is 5.91 Å². The highest BCUT2D eigenvalue weighted by Crippen LogP contribution is 2.21. The van der Waals surface area contributed by atoms with E-state index in [0.717, 1.165) is 12.8 Å². The number of amides is 1. The number of nitrogens with one attached hydrogen (secondary N) is 1. The average molecular weight is 229 g/mol. The second-order valence-corrected chi connectivity index (χ2v) is 5.67. The fraction of sp³-hybridized carbons (Fsp3) is 0.923. The molecule has 0 rings (SSSR count). The van der Waals surface area contributed by atoms with Crippen LogP contribution >= 0.6 is 0 Å². The van der Waals surface area contributed by atoms with E-state index < -0.39 is 0 Å². The number of carbonyl (C=O) groups is 1. The van der Waals surface area contributed by atoms with Crippen LogP contribution in [0.5, 0.6) is 0 Å². The van der Waals surface area contributed by atoms with Crippen molar-refractivity contribution in [1.29, 1.82) is 0 Å². The van der Waals surface area contributed by atoms with Gasteiger partial charge in [0.05, 0.1) is 12.5 Å². The molecule has 0 aromatic heterocycles. The molecule has 0 aromatic carbocycles. The standard InChI is InChI=1S/C13H27NO2/c1-6-7-13(4,5)9-14-12(16)11(8-15)10(2)3/h10-11,15H,6-9H2,1-5H3,(H,14,16). The summed E-state index contributed by atoms with van der Waals surface area (Å²) in [6, 6.07) is 0. The van der Waals surface area contributed by atoms with Gasteiger partial charge < -0.3 is 10.4 Å². The summed E-state index contributed by atoms with van der Waals surface area (Å²) < 4.78 is 0. The van der Waals surface area contributed by atoms with E-state index in [1.807, 2.05) is 13.8 Å². The van der Waals surface area contributed by atoms with Gasteiger partial charge in [0.1, 0.15) is 0 Å². The van der Waals surface area contributed by atoms with Gasteiger partial charge in [-0.25, -0.2) is 0 Å². The SMILES string of the molecule is CCCC(C)(C)CNC(=O)C(CO)C(C)C. The Morgan fingerprint density at radius 1 is 1.38 bits per heavy atom. The van der Waals surface area contributed by atoms with Crippen LogP contribution in [-0.2, 0) is 4.79 Å². The van der Waals surface area contributed by atoms with Crippen LogP contribution < -0.4 is 5.32 Å². The predicted molar refractivity (Wildman–Crippen MR) is 67.1 cm³/mol. The van der Waals surface area contributed by atoms with Gasteiger partial charge in [-0.3, -0.25) is 4.79 Å². The molecule has 96 valence electrons. The van der Waals surface area contributed by atoms with Crippen molar-refractivity contribution in [3.05, 3.63) is 0 Å². The minimum Gasteiger partial charge on any atom is -0.396 e. The van der Waals surface area contributed by atoms with Gasteiger partial charge in [0.15, 0.2) is 0 Å². The molecule has 0 aliphatic heterocycles. The molecule has 0 aromatic rings. The Hall–Kier alpha value is -0.570. The van der Waals surface area contributed by atoms with Crippen molar-refractivity contribution in [3.63, 3.8) is 0 Å². The first kappa shape index (κ1) is 15.4. The summed E-state index contributed by atoms with van der Waals surface area (Å²) in [4.78, 5) is 11.8. The number of rotatable bonds is 7. The minimum absolute atomic E-state index is 0.0262. The molecule has 0 saturated carbocycles. The molecule has 3 nitrogen and oxygen atoms in total. The second kappa shape index (κ2) is 6.89. The van der Waals surface area contributed by atoms with Crippen LogP contribution in [0.15, 0.2) is 0 Å². The lowest BCUT2D eigenvalue weighted by Gasteiger charge is -2.26. The molecule has 2 N–H and O–H groups in total. The molecule has 0 fully saturated rings. The maximum atomic E-state index is 11.8. The van der Waals surface area contributed by atoms with Crippen LogP contribution in [0.25, 0.3) is 0 Å². The van der Waals surface area contributed by atoms with E-state index in [1.54, 1.807) is 0 Å². The molecule has 0 aliphatic carbocycles. The van der Waals surface area contributed by atoms with Gasteiger partial charge >= 0.3 is 0 Å². The van der Waals surface area contributed by atoms with E-state index in [9.17, 15) is 4.79 Å². The molecule has 0 aliphatic rings. The van der Waals surface area contributed by atoms with Gasteiger partial charge in [-0.1, -0.05) is 41.0 Å². The monoisotopic (exact) mass is 229 g/mol. The lowest BCUT2D eigenvalue weighted by Crippen LogP contribution is -2.40. The van der Waals surface area contributed by atoms with Crippen LogP contribution in [0.3, 0.4) is 0 Å². The maximum Gasteiger partial charge on any atom is 0.225 e. The molecule has 1 unspecified atom stereocenters. The first-order valence-electron chi connectivity index (χ1n) is 6.22. The van der Waals surface area contributed by atoms with Crippen LogP contribution in [0.1, 0.15) is 47.5 Å². The first-order valence-corrected chi connectivity index (χ1v) is 6.22. The Balaban J connectivity index is 4.15. The summed E-state index contributed by atoms with van der Waals surface area (Å²) in [7, 11) is 0. The third-order valence-corrected chi connectivity index (χ3v) is 3.01. The molecular formula is C13H27NO2. The van der Waals surface area contributed by atoms with E-state index in [2.05, 4.69) is 26.1 Å². The molecule has 0 saturated heterocycles. The van der Waals surface area contributed by atoms with Gasteiger partial charge in [-0.05, 0) is 17.8 Å². The van der Waals surface area contributed by atoms with Gasteiger partial charge in [0.25, 0.3) is 0 Å². The third-order valence-electron chi connectivity index (χ3n) is 3.01. The fourth-order valence-electron chi connectivity index (χ4n) is 1.82. The zero-order valence-corrected chi connectivity index (χ0v) is 11.3. The first-order chi connectivity index (χ1) is 7.34. The number of hydrogen-bond donors (Lipinski definition) is 2. The molecular weight excluding hydrogens is 202 g/mol. The Bertz CT molecular complexity index is 212. The molecule has 0 bridgehead atoms. The van der Waals surface area contributed by atoms with Crippen molar-refractivity contribution in [1.82, 2.24) is 5.32 Å². The zero-order chi connectivity index (χ0) is 12.8. The van der Waals surface area contributed by atoms with Crippen molar-refractivity contribution < 1.29 is 9.90 Å². The molecule has 0 spiro atoms. The average Bonchev–Trinajstić information content (AvgIpc) is 2.15. The quantitative estimate of drug-likeness (QED) is 0.703. The normalized spacial score (nSPS) is 13.9. The topological polar surface area (TPSA) is 49.3 Å². The van der Waals surface area contributed by atoms with Gasteiger partial charge in [-0.15, -0.1) is 0 Å². The van der Waals surface area contributed by atoms with Crippen molar-refractivity contribution in [2.45, 2.75) is 47.5 Å². The number of aliphatic hydroxyl groups is 1. The van der Waals surface area contributed by atoms with Crippen LogP contribution in [-0.4, -0.2) is 24.2 Å². The highest BCUT2D eigenvalue weighted by Gasteiger charge is 2.23. The second-order valence-electron chi connectivity index (χ2n) is 5.67. The number of carbonyl (C=O) groups excluding carboxylic acids is 1. The lowest BCUT2D eigenvalue weighted by molar-refractivity contribution is -0.128. The molecule has 0 heterocycles. The summed E-state index contributed by atoms with van der Waals surface area (Å²) in [6.45, 7) is 11.0. The van der Waals surface area contributed by atoms with E-state index in [4.69, 9.17) is 5.11 Å². The zero-order valence-electron chi connectivity index (χ0n) is 11.3. The Kier molecular flexibility index (Phi) is 6.65. The largest absolute Gasteiger partial charge is 0.396 e. The minimum atomic E-state index is -0.280. The van der Waals surface area contributed by atoms with Crippen LogP contribution in [0.4, 0.5) is 0 Å². The van der Waals surface area contributed by atoms with E-state index in [-0.39, 0.29) is 29.8 Å². The van der Waals surface area contributed by atoms with E-state index >= 15 is 0 Å². The highest BCUT2D eigenvalue weighted by molar-refractivity contribution is 5.79.